The van der Waals surface area contributed by atoms with Crippen molar-refractivity contribution >= 4 is 11.9 Å². The average Bonchev–Trinajstić information content (AvgIpc) is 3.26. The highest BCUT2D eigenvalue weighted by molar-refractivity contribution is 5.69. The predicted octanol–water partition coefficient (Wildman–Crippen LogP) is 0.346. The summed E-state index contributed by atoms with van der Waals surface area (Å²) in [6, 6.07) is 0. The summed E-state index contributed by atoms with van der Waals surface area (Å²) in [5, 5.41) is 0. The highest BCUT2D eigenvalue weighted by Crippen LogP contribution is 2.63. The van der Waals surface area contributed by atoms with E-state index in [0.29, 0.717) is 55.2 Å². The van der Waals surface area contributed by atoms with Crippen LogP contribution in [0.5, 0.6) is 0 Å². The third kappa shape index (κ3) is 4.29. The van der Waals surface area contributed by atoms with Crippen molar-refractivity contribution in [2.45, 2.75) is 94.8 Å². The SMILES string of the molecule is Cn1c(=O)n(CCCC(=O)OCC2CC3CC2C2OC32)c(=O)n(CCCC(=O)OC[C@H]2CC3CC24CC3O4)c1=O. The Balaban J connectivity index is 0.874. The molecule has 4 saturated carbocycles. The molecule has 0 aromatic carbocycles. The van der Waals surface area contributed by atoms with E-state index < -0.39 is 17.1 Å². The maximum Gasteiger partial charge on any atom is 0.336 e. The summed E-state index contributed by atoms with van der Waals surface area (Å²) in [6.07, 6.45) is 7.18. The molecule has 12 nitrogen and oxygen atoms in total. The van der Waals surface area contributed by atoms with Gasteiger partial charge >= 0.3 is 29.0 Å². The smallest absolute Gasteiger partial charge is 0.336 e. The fourth-order valence-corrected chi connectivity index (χ4v) is 8.43. The molecule has 40 heavy (non-hydrogen) atoms. The molecule has 5 bridgehead atoms. The zero-order valence-corrected chi connectivity index (χ0v) is 22.8. The van der Waals surface area contributed by atoms with Gasteiger partial charge in [0.1, 0.15) is 0 Å². The predicted molar refractivity (Wildman–Crippen MR) is 137 cm³/mol. The van der Waals surface area contributed by atoms with Gasteiger partial charge < -0.3 is 18.9 Å². The third-order valence-corrected chi connectivity index (χ3v) is 10.6. The largest absolute Gasteiger partial charge is 0.465 e. The quantitative estimate of drug-likeness (QED) is 0.262. The number of carbonyl (C=O) groups is 2. The molecule has 218 valence electrons. The van der Waals surface area contributed by atoms with Crippen LogP contribution in [0.3, 0.4) is 0 Å². The molecule has 8 unspecified atom stereocenters. The molecule has 0 N–H and O–H groups in total. The van der Waals surface area contributed by atoms with Crippen LogP contribution in [0.4, 0.5) is 0 Å². The van der Waals surface area contributed by atoms with Crippen molar-refractivity contribution in [2.24, 2.45) is 36.6 Å². The molecule has 3 aliphatic heterocycles. The summed E-state index contributed by atoms with van der Waals surface area (Å²) in [5.41, 5.74) is -2.28. The zero-order chi connectivity index (χ0) is 27.8. The number of esters is 2. The lowest BCUT2D eigenvalue weighted by atomic mass is 9.79. The summed E-state index contributed by atoms with van der Waals surface area (Å²) in [7, 11) is 1.31. The molecule has 1 spiro atoms. The van der Waals surface area contributed by atoms with Crippen molar-refractivity contribution in [1.29, 1.82) is 0 Å². The maximum atomic E-state index is 13.0. The highest BCUT2D eigenvalue weighted by atomic mass is 16.6. The van der Waals surface area contributed by atoms with Crippen molar-refractivity contribution in [3.05, 3.63) is 31.5 Å². The van der Waals surface area contributed by atoms with Crippen molar-refractivity contribution in [2.75, 3.05) is 13.2 Å². The van der Waals surface area contributed by atoms with Gasteiger partial charge in [0.25, 0.3) is 0 Å². The number of hydrogen-bond acceptors (Lipinski definition) is 9. The third-order valence-electron chi connectivity index (χ3n) is 10.6. The van der Waals surface area contributed by atoms with Gasteiger partial charge in [0, 0.05) is 45.3 Å². The second-order valence-electron chi connectivity index (χ2n) is 12.8. The van der Waals surface area contributed by atoms with Gasteiger partial charge in [0.15, 0.2) is 0 Å². The van der Waals surface area contributed by atoms with Crippen LogP contribution in [0.2, 0.25) is 0 Å². The number of aromatic nitrogens is 3. The molecule has 0 radical (unpaired) electrons. The molecule has 9 atom stereocenters. The lowest BCUT2D eigenvalue weighted by Gasteiger charge is -2.47. The second kappa shape index (κ2) is 9.68. The topological polar surface area (TPSA) is 140 Å². The van der Waals surface area contributed by atoms with Gasteiger partial charge in [-0.05, 0) is 62.2 Å². The van der Waals surface area contributed by atoms with Crippen LogP contribution in [-0.2, 0) is 48.7 Å². The molecule has 4 aliphatic carbocycles. The van der Waals surface area contributed by atoms with Crippen LogP contribution in [0.25, 0.3) is 0 Å². The summed E-state index contributed by atoms with van der Waals surface area (Å²) < 4.78 is 25.4. The van der Waals surface area contributed by atoms with Gasteiger partial charge in [-0.25, -0.2) is 28.1 Å². The van der Waals surface area contributed by atoms with E-state index in [1.54, 1.807) is 0 Å². The molecular formula is C28H37N3O9. The monoisotopic (exact) mass is 559 g/mol. The molecule has 7 aliphatic rings. The lowest BCUT2D eigenvalue weighted by Crippen LogP contribution is -2.53. The van der Waals surface area contributed by atoms with Crippen LogP contribution in [-0.4, -0.2) is 62.8 Å². The van der Waals surface area contributed by atoms with Crippen LogP contribution in [0.1, 0.15) is 57.8 Å². The first-order valence-electron chi connectivity index (χ1n) is 14.8. The van der Waals surface area contributed by atoms with Crippen molar-refractivity contribution in [3.63, 3.8) is 0 Å². The van der Waals surface area contributed by atoms with E-state index >= 15 is 0 Å². The lowest BCUT2D eigenvalue weighted by molar-refractivity contribution is -0.218. The van der Waals surface area contributed by atoms with Gasteiger partial charge in [0.2, 0.25) is 0 Å². The molecule has 7 fully saturated rings. The summed E-state index contributed by atoms with van der Waals surface area (Å²) in [6.45, 7) is 0.701. The van der Waals surface area contributed by atoms with Gasteiger partial charge in [-0.3, -0.25) is 9.59 Å². The number of fused-ring (bicyclic) bond motifs is 5. The van der Waals surface area contributed by atoms with Gasteiger partial charge in [0.05, 0.1) is 37.1 Å². The number of nitrogens with zero attached hydrogens (tertiary/aromatic N) is 3. The number of hydrogen-bond donors (Lipinski definition) is 0. The highest BCUT2D eigenvalue weighted by Gasteiger charge is 2.67. The van der Waals surface area contributed by atoms with Crippen molar-refractivity contribution < 1.29 is 28.5 Å². The first-order chi connectivity index (χ1) is 19.2. The van der Waals surface area contributed by atoms with E-state index in [1.807, 2.05) is 0 Å². The van der Waals surface area contributed by atoms with Gasteiger partial charge in [-0.1, -0.05) is 0 Å². The first-order valence-corrected chi connectivity index (χ1v) is 14.8. The molecule has 12 heteroatoms. The van der Waals surface area contributed by atoms with Crippen molar-refractivity contribution in [1.82, 2.24) is 13.7 Å². The summed E-state index contributed by atoms with van der Waals surface area (Å²) >= 11 is 0. The van der Waals surface area contributed by atoms with Crippen molar-refractivity contribution in [3.8, 4) is 0 Å². The Morgan fingerprint density at radius 1 is 0.850 bits per heavy atom. The van der Waals surface area contributed by atoms with Gasteiger partial charge in [-0.2, -0.15) is 0 Å². The molecule has 0 amide bonds. The van der Waals surface area contributed by atoms with E-state index in [4.69, 9.17) is 18.9 Å². The molecule has 1 aromatic rings. The Bertz CT molecular complexity index is 1390. The number of carbonyl (C=O) groups excluding carboxylic acids is 2. The number of rotatable bonds is 12. The molecular weight excluding hydrogens is 522 g/mol. The Kier molecular flexibility index (Phi) is 6.34. The molecule has 8 rings (SSSR count). The Labute approximate surface area is 230 Å². The second-order valence-corrected chi connectivity index (χ2v) is 12.8. The number of ether oxygens (including phenoxy) is 4. The molecule has 4 heterocycles. The Morgan fingerprint density at radius 3 is 2.05 bits per heavy atom. The van der Waals surface area contributed by atoms with E-state index in [9.17, 15) is 24.0 Å². The van der Waals surface area contributed by atoms with E-state index in [0.717, 1.165) is 45.8 Å². The van der Waals surface area contributed by atoms with Crippen LogP contribution in [0.15, 0.2) is 14.4 Å². The normalized spacial score (nSPS) is 37.3. The minimum absolute atomic E-state index is 0.0122. The Hall–Kier alpha value is -2.73. The maximum absolute atomic E-state index is 13.0. The number of epoxide rings is 1. The average molecular weight is 560 g/mol. The molecule has 1 aromatic heterocycles. The summed E-state index contributed by atoms with van der Waals surface area (Å²) in [4.78, 5) is 62.9. The fourth-order valence-electron chi connectivity index (χ4n) is 8.43. The van der Waals surface area contributed by atoms with Crippen LogP contribution in [0, 0.1) is 29.6 Å². The fraction of sp³-hybridized carbons (Fsp3) is 0.821. The Morgan fingerprint density at radius 2 is 1.50 bits per heavy atom. The van der Waals surface area contributed by atoms with Crippen LogP contribution >= 0.6 is 0 Å². The standard InChI is InChI=1S/C28H37N3O9/c1-29-25(34)30(6-2-4-21(32)37-13-17-8-15-10-19(17)24-23(15)39-24)27(36)31(26(29)35)7-3-5-22(33)38-14-18-9-16-11-28(18)12-20(16)40-28/h15-20,23-24H,2-14H2,1H3/t15?,16?,17?,18-,19?,20?,23?,24?,28?/m1/s1. The van der Waals surface area contributed by atoms with E-state index in [1.165, 1.54) is 7.05 Å². The zero-order valence-electron chi connectivity index (χ0n) is 22.8. The minimum atomic E-state index is -0.742. The molecule has 3 saturated heterocycles. The van der Waals surface area contributed by atoms with Gasteiger partial charge in [-0.15, -0.1) is 0 Å². The summed E-state index contributed by atoms with van der Waals surface area (Å²) in [5.74, 6) is 1.57. The van der Waals surface area contributed by atoms with E-state index in [-0.39, 0.29) is 62.2 Å². The van der Waals surface area contributed by atoms with Crippen LogP contribution < -0.4 is 17.1 Å². The minimum Gasteiger partial charge on any atom is -0.465 e. The van der Waals surface area contributed by atoms with E-state index in [2.05, 4.69) is 0 Å². The first kappa shape index (κ1) is 26.2.